The van der Waals surface area contributed by atoms with Crippen LogP contribution in [0.2, 0.25) is 0 Å². The van der Waals surface area contributed by atoms with Crippen molar-refractivity contribution in [2.24, 2.45) is 0 Å². The zero-order valence-corrected chi connectivity index (χ0v) is 15.8. The van der Waals surface area contributed by atoms with Crippen LogP contribution in [0.15, 0.2) is 30.5 Å². The molecule has 2 fully saturated rings. The molecule has 1 atom stereocenters. The SMILES string of the molecule is O=C(c1cn(C[C@@H]2CCCO2)nn1)N1CCN(c2cccc(C(F)(F)F)c2)CC1. The summed E-state index contributed by atoms with van der Waals surface area (Å²) in [6, 6.07) is 5.27. The second kappa shape index (κ2) is 8.02. The third-order valence-corrected chi connectivity index (χ3v) is 5.28. The van der Waals surface area contributed by atoms with E-state index in [1.54, 1.807) is 21.8 Å². The molecule has 156 valence electrons. The number of hydrogen-bond donors (Lipinski definition) is 0. The average Bonchev–Trinajstić information content (AvgIpc) is 3.40. The van der Waals surface area contributed by atoms with Gasteiger partial charge in [0.05, 0.1) is 24.4 Å². The first-order valence-corrected chi connectivity index (χ1v) is 9.63. The summed E-state index contributed by atoms with van der Waals surface area (Å²) in [7, 11) is 0. The van der Waals surface area contributed by atoms with Gasteiger partial charge in [0.25, 0.3) is 5.91 Å². The summed E-state index contributed by atoms with van der Waals surface area (Å²) in [5.41, 5.74) is 0.112. The first kappa shape index (κ1) is 19.7. The van der Waals surface area contributed by atoms with E-state index < -0.39 is 11.7 Å². The van der Waals surface area contributed by atoms with Crippen molar-refractivity contribution < 1.29 is 22.7 Å². The van der Waals surface area contributed by atoms with Crippen LogP contribution in [-0.4, -0.2) is 64.7 Å². The molecule has 29 heavy (non-hydrogen) atoms. The highest BCUT2D eigenvalue weighted by Crippen LogP contribution is 2.31. The molecule has 7 nitrogen and oxygen atoms in total. The van der Waals surface area contributed by atoms with Crippen molar-refractivity contribution in [3.63, 3.8) is 0 Å². The van der Waals surface area contributed by atoms with Gasteiger partial charge in [-0.3, -0.25) is 4.79 Å². The number of piperazine rings is 1. The molecule has 0 spiro atoms. The fourth-order valence-corrected chi connectivity index (χ4v) is 3.69. The highest BCUT2D eigenvalue weighted by Gasteiger charge is 2.31. The summed E-state index contributed by atoms with van der Waals surface area (Å²) in [5.74, 6) is -0.215. The van der Waals surface area contributed by atoms with Gasteiger partial charge in [0.15, 0.2) is 5.69 Å². The van der Waals surface area contributed by atoms with Crippen LogP contribution in [0.3, 0.4) is 0 Å². The van der Waals surface area contributed by atoms with Gasteiger partial charge in [-0.2, -0.15) is 13.2 Å². The Morgan fingerprint density at radius 1 is 1.21 bits per heavy atom. The molecular weight excluding hydrogens is 387 g/mol. The van der Waals surface area contributed by atoms with Crippen molar-refractivity contribution in [2.45, 2.75) is 31.7 Å². The third kappa shape index (κ3) is 4.52. The van der Waals surface area contributed by atoms with E-state index in [0.717, 1.165) is 31.6 Å². The summed E-state index contributed by atoms with van der Waals surface area (Å²) in [6.07, 6.45) is -0.635. The highest BCUT2D eigenvalue weighted by atomic mass is 19.4. The van der Waals surface area contributed by atoms with E-state index in [1.165, 1.54) is 6.07 Å². The van der Waals surface area contributed by atoms with Crippen molar-refractivity contribution in [3.05, 3.63) is 41.7 Å². The molecule has 1 aromatic carbocycles. The van der Waals surface area contributed by atoms with Crippen molar-refractivity contribution >= 4 is 11.6 Å². The Hall–Kier alpha value is -2.62. The second-order valence-electron chi connectivity index (χ2n) is 7.29. The van der Waals surface area contributed by atoms with Gasteiger partial charge in [-0.05, 0) is 31.0 Å². The van der Waals surface area contributed by atoms with E-state index >= 15 is 0 Å². The lowest BCUT2D eigenvalue weighted by Gasteiger charge is -2.36. The van der Waals surface area contributed by atoms with E-state index in [4.69, 9.17) is 4.74 Å². The molecule has 2 aliphatic heterocycles. The molecule has 2 aliphatic rings. The molecule has 1 amide bonds. The Labute approximate surface area is 166 Å². The number of halogens is 3. The minimum Gasteiger partial charge on any atom is -0.376 e. The topological polar surface area (TPSA) is 63.5 Å². The molecular formula is C19H22F3N5O2. The zero-order chi connectivity index (χ0) is 20.4. The van der Waals surface area contributed by atoms with E-state index in [9.17, 15) is 18.0 Å². The van der Waals surface area contributed by atoms with E-state index in [2.05, 4.69) is 10.3 Å². The van der Waals surface area contributed by atoms with Crippen LogP contribution in [-0.2, 0) is 17.5 Å². The van der Waals surface area contributed by atoms with Gasteiger partial charge in [-0.15, -0.1) is 5.10 Å². The number of nitrogens with zero attached hydrogens (tertiary/aromatic N) is 5. The van der Waals surface area contributed by atoms with Gasteiger partial charge in [-0.1, -0.05) is 11.3 Å². The second-order valence-corrected chi connectivity index (χ2v) is 7.29. The molecule has 10 heteroatoms. The maximum atomic E-state index is 12.9. The van der Waals surface area contributed by atoms with E-state index in [0.29, 0.717) is 38.4 Å². The van der Waals surface area contributed by atoms with Gasteiger partial charge in [0, 0.05) is 38.5 Å². The van der Waals surface area contributed by atoms with Crippen molar-refractivity contribution in [3.8, 4) is 0 Å². The number of alkyl halides is 3. The Bertz CT molecular complexity index is 856. The number of hydrogen-bond acceptors (Lipinski definition) is 5. The zero-order valence-electron chi connectivity index (χ0n) is 15.8. The fourth-order valence-electron chi connectivity index (χ4n) is 3.69. The lowest BCUT2D eigenvalue weighted by atomic mass is 10.1. The lowest BCUT2D eigenvalue weighted by molar-refractivity contribution is -0.137. The minimum absolute atomic E-state index is 0.107. The van der Waals surface area contributed by atoms with Crippen LogP contribution in [0.4, 0.5) is 18.9 Å². The predicted molar refractivity (Wildman–Crippen MR) is 98.6 cm³/mol. The van der Waals surface area contributed by atoms with Crippen LogP contribution in [0.25, 0.3) is 0 Å². The quantitative estimate of drug-likeness (QED) is 0.776. The molecule has 4 rings (SSSR count). The number of carbonyl (C=O) groups excluding carboxylic acids is 1. The number of rotatable bonds is 4. The molecule has 0 N–H and O–H groups in total. The maximum absolute atomic E-state index is 12.9. The molecule has 0 radical (unpaired) electrons. The van der Waals surface area contributed by atoms with E-state index in [1.807, 2.05) is 4.90 Å². The summed E-state index contributed by atoms with van der Waals surface area (Å²) < 4.78 is 46.0. The molecule has 3 heterocycles. The molecule has 1 aromatic heterocycles. The lowest BCUT2D eigenvalue weighted by Crippen LogP contribution is -2.49. The van der Waals surface area contributed by atoms with Gasteiger partial charge in [0.1, 0.15) is 0 Å². The number of benzene rings is 1. The molecule has 0 saturated carbocycles. The molecule has 0 unspecified atom stereocenters. The normalized spacial score (nSPS) is 20.3. The van der Waals surface area contributed by atoms with Crippen LogP contribution in [0.1, 0.15) is 28.9 Å². The Morgan fingerprint density at radius 2 is 2.00 bits per heavy atom. The first-order valence-electron chi connectivity index (χ1n) is 9.63. The Kier molecular flexibility index (Phi) is 5.44. The number of aromatic nitrogens is 3. The first-order chi connectivity index (χ1) is 13.9. The maximum Gasteiger partial charge on any atom is 0.416 e. The van der Waals surface area contributed by atoms with Gasteiger partial charge < -0.3 is 14.5 Å². The molecule has 2 saturated heterocycles. The number of carbonyl (C=O) groups is 1. The van der Waals surface area contributed by atoms with Crippen LogP contribution < -0.4 is 4.90 Å². The summed E-state index contributed by atoms with van der Waals surface area (Å²) in [4.78, 5) is 16.2. The molecule has 2 aromatic rings. The number of anilines is 1. The van der Waals surface area contributed by atoms with Crippen LogP contribution >= 0.6 is 0 Å². The summed E-state index contributed by atoms with van der Waals surface area (Å²) in [6.45, 7) is 3.06. The van der Waals surface area contributed by atoms with Crippen LogP contribution in [0, 0.1) is 0 Å². The third-order valence-electron chi connectivity index (χ3n) is 5.28. The van der Waals surface area contributed by atoms with Gasteiger partial charge in [0.2, 0.25) is 0 Å². The van der Waals surface area contributed by atoms with Crippen molar-refractivity contribution in [1.29, 1.82) is 0 Å². The average molecular weight is 409 g/mol. The van der Waals surface area contributed by atoms with Gasteiger partial charge >= 0.3 is 6.18 Å². The highest BCUT2D eigenvalue weighted by molar-refractivity contribution is 5.92. The monoisotopic (exact) mass is 409 g/mol. The largest absolute Gasteiger partial charge is 0.416 e. The van der Waals surface area contributed by atoms with Crippen molar-refractivity contribution in [1.82, 2.24) is 19.9 Å². The van der Waals surface area contributed by atoms with Crippen LogP contribution in [0.5, 0.6) is 0 Å². The van der Waals surface area contributed by atoms with Gasteiger partial charge in [-0.25, -0.2) is 4.68 Å². The van der Waals surface area contributed by atoms with E-state index in [-0.39, 0.29) is 17.7 Å². The Balaban J connectivity index is 1.35. The number of amides is 1. The summed E-state index contributed by atoms with van der Waals surface area (Å²) >= 11 is 0. The standard InChI is InChI=1S/C19H22F3N5O2/c20-19(21,22)14-3-1-4-15(11-14)25-6-8-26(9-7-25)18(28)17-13-27(24-23-17)12-16-5-2-10-29-16/h1,3-4,11,13,16H,2,5-10,12H2/t16-/m0/s1. The molecule has 0 bridgehead atoms. The van der Waals surface area contributed by atoms with Crippen molar-refractivity contribution in [2.75, 3.05) is 37.7 Å². The Morgan fingerprint density at radius 3 is 2.69 bits per heavy atom. The summed E-state index contributed by atoms with van der Waals surface area (Å²) in [5, 5.41) is 7.99. The molecule has 0 aliphatic carbocycles. The smallest absolute Gasteiger partial charge is 0.376 e. The predicted octanol–water partition coefficient (Wildman–Crippen LogP) is 2.44. The minimum atomic E-state index is -4.37. The fraction of sp³-hybridized carbons (Fsp3) is 0.526. The number of ether oxygens (including phenoxy) is 1.